The summed E-state index contributed by atoms with van der Waals surface area (Å²) in [6.45, 7) is 0. The lowest BCUT2D eigenvalue weighted by atomic mass is 10.2. The minimum atomic E-state index is 0.852. The Hall–Kier alpha value is -1.47. The predicted molar refractivity (Wildman–Crippen MR) is 78.1 cm³/mol. The van der Waals surface area contributed by atoms with Crippen molar-refractivity contribution in [2.45, 2.75) is 0 Å². The zero-order chi connectivity index (χ0) is 12.1. The lowest BCUT2D eigenvalue weighted by Crippen LogP contribution is -1.82. The first-order valence-electron chi connectivity index (χ1n) is 5.19. The van der Waals surface area contributed by atoms with Crippen LogP contribution in [-0.4, -0.2) is 7.11 Å². The first-order valence-corrected chi connectivity index (χ1v) is 6.27. The highest BCUT2D eigenvalue weighted by Crippen LogP contribution is 2.10. The number of halogens is 1. The van der Waals surface area contributed by atoms with Gasteiger partial charge in [-0.3, -0.25) is 0 Å². The molecule has 84 valence electrons. The SMILES string of the molecule is COc1ccc(C#Cc2ccc(I)cc2)cc1. The lowest BCUT2D eigenvalue weighted by molar-refractivity contribution is 0.415. The Bertz CT molecular complexity index is 544. The fraction of sp³-hybridized carbons (Fsp3) is 0.0667. The molecule has 17 heavy (non-hydrogen) atoms. The third-order valence-corrected chi connectivity index (χ3v) is 3.00. The summed E-state index contributed by atoms with van der Waals surface area (Å²) < 4.78 is 6.32. The molecule has 0 amide bonds. The molecule has 2 heteroatoms. The second-order valence-corrected chi connectivity index (χ2v) is 4.73. The van der Waals surface area contributed by atoms with Gasteiger partial charge in [0.25, 0.3) is 0 Å². The van der Waals surface area contributed by atoms with E-state index in [-0.39, 0.29) is 0 Å². The van der Waals surface area contributed by atoms with Gasteiger partial charge >= 0.3 is 0 Å². The molecule has 0 aliphatic rings. The lowest BCUT2D eigenvalue weighted by Gasteiger charge is -1.97. The fourth-order valence-corrected chi connectivity index (χ4v) is 1.71. The zero-order valence-corrected chi connectivity index (χ0v) is 11.6. The minimum Gasteiger partial charge on any atom is -0.497 e. The van der Waals surface area contributed by atoms with E-state index in [1.54, 1.807) is 7.11 Å². The van der Waals surface area contributed by atoms with Gasteiger partial charge in [0.2, 0.25) is 0 Å². The van der Waals surface area contributed by atoms with Gasteiger partial charge in [-0.25, -0.2) is 0 Å². The smallest absolute Gasteiger partial charge is 0.118 e. The standard InChI is InChI=1S/C15H11IO/c1-17-15-10-6-13(7-11-15)3-2-12-4-8-14(16)9-5-12/h4-11H,1H3. The molecule has 0 unspecified atom stereocenters. The Balaban J connectivity index is 2.17. The molecule has 0 saturated heterocycles. The Morgan fingerprint density at radius 2 is 1.29 bits per heavy atom. The highest BCUT2D eigenvalue weighted by molar-refractivity contribution is 14.1. The number of benzene rings is 2. The largest absolute Gasteiger partial charge is 0.497 e. The van der Waals surface area contributed by atoms with Crippen LogP contribution in [0.15, 0.2) is 48.5 Å². The number of rotatable bonds is 1. The molecule has 2 aromatic carbocycles. The predicted octanol–water partition coefficient (Wildman–Crippen LogP) is 3.70. The fourth-order valence-electron chi connectivity index (χ4n) is 1.35. The second-order valence-electron chi connectivity index (χ2n) is 3.49. The van der Waals surface area contributed by atoms with Crippen molar-refractivity contribution in [3.8, 4) is 17.6 Å². The van der Waals surface area contributed by atoms with E-state index in [0.717, 1.165) is 16.9 Å². The van der Waals surface area contributed by atoms with Gasteiger partial charge in [0.15, 0.2) is 0 Å². The van der Waals surface area contributed by atoms with Gasteiger partial charge in [0.05, 0.1) is 7.11 Å². The summed E-state index contributed by atoms with van der Waals surface area (Å²) in [5, 5.41) is 0. The second kappa shape index (κ2) is 5.74. The normalized spacial score (nSPS) is 9.29. The maximum absolute atomic E-state index is 5.10. The molecule has 0 aliphatic heterocycles. The molecule has 0 radical (unpaired) electrons. The van der Waals surface area contributed by atoms with Crippen LogP contribution in [0.4, 0.5) is 0 Å². The van der Waals surface area contributed by atoms with Crippen molar-refractivity contribution in [2.75, 3.05) is 7.11 Å². The summed E-state index contributed by atoms with van der Waals surface area (Å²) in [5.41, 5.74) is 2.02. The molecule has 0 saturated carbocycles. The molecule has 2 aromatic rings. The molecule has 0 spiro atoms. The minimum absolute atomic E-state index is 0.852. The van der Waals surface area contributed by atoms with Crippen molar-refractivity contribution in [3.05, 3.63) is 63.2 Å². The number of hydrogen-bond donors (Lipinski definition) is 0. The van der Waals surface area contributed by atoms with Crippen molar-refractivity contribution in [1.29, 1.82) is 0 Å². The molecule has 0 aromatic heterocycles. The molecule has 0 fully saturated rings. The van der Waals surface area contributed by atoms with E-state index in [2.05, 4.69) is 46.6 Å². The van der Waals surface area contributed by atoms with Crippen LogP contribution >= 0.6 is 22.6 Å². The van der Waals surface area contributed by atoms with Crippen molar-refractivity contribution in [3.63, 3.8) is 0 Å². The number of methoxy groups -OCH3 is 1. The van der Waals surface area contributed by atoms with Crippen LogP contribution in [0, 0.1) is 15.4 Å². The average Bonchev–Trinajstić information content (AvgIpc) is 2.39. The van der Waals surface area contributed by atoms with Crippen LogP contribution in [0.1, 0.15) is 11.1 Å². The van der Waals surface area contributed by atoms with Crippen molar-refractivity contribution in [2.24, 2.45) is 0 Å². The van der Waals surface area contributed by atoms with E-state index < -0.39 is 0 Å². The molecular formula is C15H11IO. The van der Waals surface area contributed by atoms with E-state index in [1.807, 2.05) is 36.4 Å². The van der Waals surface area contributed by atoms with Gasteiger partial charge in [-0.15, -0.1) is 0 Å². The molecule has 0 bridgehead atoms. The van der Waals surface area contributed by atoms with Crippen LogP contribution in [-0.2, 0) is 0 Å². The third-order valence-electron chi connectivity index (χ3n) is 2.29. The van der Waals surface area contributed by atoms with E-state index >= 15 is 0 Å². The topological polar surface area (TPSA) is 9.23 Å². The summed E-state index contributed by atoms with van der Waals surface area (Å²) in [6.07, 6.45) is 0. The summed E-state index contributed by atoms with van der Waals surface area (Å²) >= 11 is 2.28. The van der Waals surface area contributed by atoms with Crippen LogP contribution in [0.5, 0.6) is 5.75 Å². The quantitative estimate of drug-likeness (QED) is 0.571. The van der Waals surface area contributed by atoms with Gasteiger partial charge in [-0.2, -0.15) is 0 Å². The van der Waals surface area contributed by atoms with Gasteiger partial charge in [-0.1, -0.05) is 11.8 Å². The van der Waals surface area contributed by atoms with Gasteiger partial charge in [-0.05, 0) is 71.1 Å². The molecule has 1 nitrogen and oxygen atoms in total. The first kappa shape index (κ1) is 12.0. The molecule has 0 atom stereocenters. The molecule has 0 heterocycles. The van der Waals surface area contributed by atoms with Gasteiger partial charge < -0.3 is 4.74 Å². The number of hydrogen-bond acceptors (Lipinski definition) is 1. The van der Waals surface area contributed by atoms with E-state index in [9.17, 15) is 0 Å². The van der Waals surface area contributed by atoms with Crippen molar-refractivity contribution in [1.82, 2.24) is 0 Å². The van der Waals surface area contributed by atoms with E-state index in [1.165, 1.54) is 3.57 Å². The van der Waals surface area contributed by atoms with E-state index in [4.69, 9.17) is 4.74 Å². The Labute approximate surface area is 115 Å². The average molecular weight is 334 g/mol. The van der Waals surface area contributed by atoms with Crippen LogP contribution in [0.3, 0.4) is 0 Å². The maximum Gasteiger partial charge on any atom is 0.118 e. The molecular weight excluding hydrogens is 323 g/mol. The third kappa shape index (κ3) is 3.50. The summed E-state index contributed by atoms with van der Waals surface area (Å²) in [4.78, 5) is 0. The molecule has 0 aliphatic carbocycles. The van der Waals surface area contributed by atoms with Crippen LogP contribution < -0.4 is 4.74 Å². The molecule has 2 rings (SSSR count). The van der Waals surface area contributed by atoms with Crippen LogP contribution in [0.2, 0.25) is 0 Å². The van der Waals surface area contributed by atoms with Gasteiger partial charge in [0, 0.05) is 14.7 Å². The zero-order valence-electron chi connectivity index (χ0n) is 9.41. The van der Waals surface area contributed by atoms with Gasteiger partial charge in [0.1, 0.15) is 5.75 Å². The summed E-state index contributed by atoms with van der Waals surface area (Å²) in [6, 6.07) is 15.9. The number of ether oxygens (including phenoxy) is 1. The maximum atomic E-state index is 5.10. The summed E-state index contributed by atoms with van der Waals surface area (Å²) in [7, 11) is 1.66. The Kier molecular flexibility index (Phi) is 4.05. The molecule has 0 N–H and O–H groups in total. The summed E-state index contributed by atoms with van der Waals surface area (Å²) in [5.74, 6) is 7.11. The van der Waals surface area contributed by atoms with Crippen LogP contribution in [0.25, 0.3) is 0 Å². The van der Waals surface area contributed by atoms with Crippen molar-refractivity contribution >= 4 is 22.6 Å². The highest BCUT2D eigenvalue weighted by atomic mass is 127. The Morgan fingerprint density at radius 3 is 1.76 bits per heavy atom. The van der Waals surface area contributed by atoms with E-state index in [0.29, 0.717) is 0 Å². The first-order chi connectivity index (χ1) is 8.28. The highest BCUT2D eigenvalue weighted by Gasteiger charge is 1.90. The Morgan fingerprint density at radius 1 is 0.824 bits per heavy atom. The monoisotopic (exact) mass is 334 g/mol. The van der Waals surface area contributed by atoms with Crippen molar-refractivity contribution < 1.29 is 4.74 Å².